The number of carbonyl (C=O) groups is 1. The van der Waals surface area contributed by atoms with Crippen LogP contribution in [0.25, 0.3) is 0 Å². The van der Waals surface area contributed by atoms with Gasteiger partial charge in [-0.1, -0.05) is 19.3 Å². The molecule has 0 aromatic carbocycles. The average molecular weight is 200 g/mol. The number of thioether (sulfide) groups is 1. The van der Waals surface area contributed by atoms with E-state index in [1.165, 1.54) is 37.9 Å². The molecule has 0 aromatic rings. The summed E-state index contributed by atoms with van der Waals surface area (Å²) in [5, 5.41) is 0.903. The molecule has 2 heteroatoms. The van der Waals surface area contributed by atoms with E-state index in [1.807, 2.05) is 0 Å². The molecule has 0 heterocycles. The van der Waals surface area contributed by atoms with E-state index < -0.39 is 0 Å². The Morgan fingerprint density at radius 3 is 2.62 bits per heavy atom. The number of rotatable bonds is 5. The smallest absolute Gasteiger partial charge is 0.129 e. The summed E-state index contributed by atoms with van der Waals surface area (Å²) in [7, 11) is 0. The average Bonchev–Trinajstić information content (AvgIpc) is 2.14. The van der Waals surface area contributed by atoms with Gasteiger partial charge in [-0.25, -0.2) is 0 Å². The summed E-state index contributed by atoms with van der Waals surface area (Å²) in [4.78, 5) is 10.7. The quantitative estimate of drug-likeness (QED) is 0.633. The SMILES string of the molecule is CC(=O)CCCSC1CCCCC1. The molecule has 0 N–H and O–H groups in total. The second-order valence-corrected chi connectivity index (χ2v) is 5.34. The topological polar surface area (TPSA) is 17.1 Å². The molecule has 1 nitrogen and oxygen atoms in total. The molecule has 0 amide bonds. The molecule has 0 radical (unpaired) electrons. The molecule has 0 saturated heterocycles. The van der Waals surface area contributed by atoms with E-state index in [1.54, 1.807) is 6.92 Å². The summed E-state index contributed by atoms with van der Waals surface area (Å²) in [6, 6.07) is 0. The summed E-state index contributed by atoms with van der Waals surface area (Å²) in [5.41, 5.74) is 0. The van der Waals surface area contributed by atoms with Gasteiger partial charge in [-0.15, -0.1) is 0 Å². The van der Waals surface area contributed by atoms with Crippen molar-refractivity contribution in [2.75, 3.05) is 5.75 Å². The predicted octanol–water partition coefficient (Wildman–Crippen LogP) is 3.42. The van der Waals surface area contributed by atoms with E-state index in [9.17, 15) is 4.79 Å². The molecule has 1 aliphatic rings. The van der Waals surface area contributed by atoms with Crippen molar-refractivity contribution in [3.63, 3.8) is 0 Å². The Bertz CT molecular complexity index is 150. The fraction of sp³-hybridized carbons (Fsp3) is 0.909. The highest BCUT2D eigenvalue weighted by Gasteiger charge is 2.12. The van der Waals surface area contributed by atoms with Gasteiger partial charge in [-0.05, 0) is 31.9 Å². The Labute approximate surface area is 85.7 Å². The lowest BCUT2D eigenvalue weighted by atomic mass is 10.0. The van der Waals surface area contributed by atoms with Crippen LogP contribution >= 0.6 is 11.8 Å². The first kappa shape index (κ1) is 11.1. The molecule has 76 valence electrons. The Morgan fingerprint density at radius 2 is 2.00 bits per heavy atom. The third-order valence-electron chi connectivity index (χ3n) is 2.58. The van der Waals surface area contributed by atoms with Gasteiger partial charge in [0.05, 0.1) is 0 Å². The van der Waals surface area contributed by atoms with E-state index in [4.69, 9.17) is 0 Å². The van der Waals surface area contributed by atoms with Crippen LogP contribution in [0.15, 0.2) is 0 Å². The van der Waals surface area contributed by atoms with Crippen LogP contribution in [-0.4, -0.2) is 16.8 Å². The Balaban J connectivity index is 1.95. The lowest BCUT2D eigenvalue weighted by Crippen LogP contribution is -2.08. The molecule has 1 fully saturated rings. The van der Waals surface area contributed by atoms with Crippen molar-refractivity contribution in [1.29, 1.82) is 0 Å². The summed E-state index contributed by atoms with van der Waals surface area (Å²) in [5.74, 6) is 1.52. The fourth-order valence-corrected chi connectivity index (χ4v) is 3.11. The Morgan fingerprint density at radius 1 is 1.31 bits per heavy atom. The zero-order chi connectivity index (χ0) is 9.52. The van der Waals surface area contributed by atoms with E-state index in [0.29, 0.717) is 5.78 Å². The number of carbonyl (C=O) groups excluding carboxylic acids is 1. The standard InChI is InChI=1S/C11H20OS/c1-10(12)6-5-9-13-11-7-3-2-4-8-11/h11H,2-9H2,1H3. The van der Waals surface area contributed by atoms with Crippen LogP contribution in [0.1, 0.15) is 51.9 Å². The van der Waals surface area contributed by atoms with Gasteiger partial charge >= 0.3 is 0 Å². The highest BCUT2D eigenvalue weighted by atomic mass is 32.2. The van der Waals surface area contributed by atoms with Gasteiger partial charge < -0.3 is 4.79 Å². The van der Waals surface area contributed by atoms with Crippen molar-refractivity contribution in [1.82, 2.24) is 0 Å². The van der Waals surface area contributed by atoms with Crippen LogP contribution in [0.5, 0.6) is 0 Å². The van der Waals surface area contributed by atoms with Gasteiger partial charge in [-0.3, -0.25) is 0 Å². The Hall–Kier alpha value is 0.0200. The zero-order valence-corrected chi connectivity index (χ0v) is 9.37. The van der Waals surface area contributed by atoms with E-state index in [2.05, 4.69) is 11.8 Å². The minimum atomic E-state index is 0.337. The van der Waals surface area contributed by atoms with Gasteiger partial charge in [0.15, 0.2) is 0 Å². The second kappa shape index (κ2) is 6.47. The van der Waals surface area contributed by atoms with Crippen LogP contribution in [-0.2, 0) is 4.79 Å². The largest absolute Gasteiger partial charge is 0.300 e. The molecule has 13 heavy (non-hydrogen) atoms. The normalized spacial score (nSPS) is 18.8. The molecular formula is C11H20OS. The number of hydrogen-bond acceptors (Lipinski definition) is 2. The summed E-state index contributed by atoms with van der Waals surface area (Å²) < 4.78 is 0. The molecule has 0 spiro atoms. The number of hydrogen-bond donors (Lipinski definition) is 0. The highest BCUT2D eigenvalue weighted by molar-refractivity contribution is 7.99. The van der Waals surface area contributed by atoms with Gasteiger partial charge in [0, 0.05) is 11.7 Å². The maximum atomic E-state index is 10.7. The van der Waals surface area contributed by atoms with E-state index in [0.717, 1.165) is 18.1 Å². The van der Waals surface area contributed by atoms with Crippen molar-refractivity contribution in [2.24, 2.45) is 0 Å². The van der Waals surface area contributed by atoms with Crippen LogP contribution in [0.2, 0.25) is 0 Å². The van der Waals surface area contributed by atoms with Crippen LogP contribution < -0.4 is 0 Å². The third kappa shape index (κ3) is 5.35. The minimum absolute atomic E-state index is 0.337. The molecule has 1 saturated carbocycles. The van der Waals surface area contributed by atoms with Gasteiger partial charge in [0.1, 0.15) is 5.78 Å². The zero-order valence-electron chi connectivity index (χ0n) is 8.55. The molecule has 0 atom stereocenters. The highest BCUT2D eigenvalue weighted by Crippen LogP contribution is 2.28. The van der Waals surface area contributed by atoms with Gasteiger partial charge in [0.25, 0.3) is 0 Å². The minimum Gasteiger partial charge on any atom is -0.300 e. The van der Waals surface area contributed by atoms with Crippen molar-refractivity contribution in [3.8, 4) is 0 Å². The van der Waals surface area contributed by atoms with Gasteiger partial charge in [-0.2, -0.15) is 11.8 Å². The summed E-state index contributed by atoms with van der Waals surface area (Å²) >= 11 is 2.09. The Kier molecular flexibility index (Phi) is 5.52. The summed E-state index contributed by atoms with van der Waals surface area (Å²) in [6.07, 6.45) is 8.95. The monoisotopic (exact) mass is 200 g/mol. The first-order valence-electron chi connectivity index (χ1n) is 5.40. The molecule has 0 aliphatic heterocycles. The maximum Gasteiger partial charge on any atom is 0.129 e. The lowest BCUT2D eigenvalue weighted by molar-refractivity contribution is -0.117. The summed E-state index contributed by atoms with van der Waals surface area (Å²) in [6.45, 7) is 1.69. The molecule has 0 unspecified atom stereocenters. The van der Waals surface area contributed by atoms with Crippen LogP contribution in [0.4, 0.5) is 0 Å². The van der Waals surface area contributed by atoms with Crippen molar-refractivity contribution in [2.45, 2.75) is 57.1 Å². The molecular weight excluding hydrogens is 180 g/mol. The molecule has 0 bridgehead atoms. The van der Waals surface area contributed by atoms with E-state index in [-0.39, 0.29) is 0 Å². The first-order valence-corrected chi connectivity index (χ1v) is 6.45. The lowest BCUT2D eigenvalue weighted by Gasteiger charge is -2.20. The van der Waals surface area contributed by atoms with E-state index >= 15 is 0 Å². The number of Topliss-reactive ketones (excluding diaryl/α,β-unsaturated/α-hetero) is 1. The first-order chi connectivity index (χ1) is 6.29. The van der Waals surface area contributed by atoms with Crippen molar-refractivity contribution < 1.29 is 4.79 Å². The molecule has 1 rings (SSSR count). The molecule has 0 aromatic heterocycles. The van der Waals surface area contributed by atoms with Crippen molar-refractivity contribution >= 4 is 17.5 Å². The maximum absolute atomic E-state index is 10.7. The van der Waals surface area contributed by atoms with Gasteiger partial charge in [0.2, 0.25) is 0 Å². The predicted molar refractivity (Wildman–Crippen MR) is 59.2 cm³/mol. The van der Waals surface area contributed by atoms with Crippen molar-refractivity contribution in [3.05, 3.63) is 0 Å². The van der Waals surface area contributed by atoms with Crippen LogP contribution in [0, 0.1) is 0 Å². The number of ketones is 1. The molecule has 1 aliphatic carbocycles. The third-order valence-corrected chi connectivity index (χ3v) is 4.05. The second-order valence-electron chi connectivity index (χ2n) is 3.94. The fourth-order valence-electron chi connectivity index (χ4n) is 1.80. The van der Waals surface area contributed by atoms with Crippen LogP contribution in [0.3, 0.4) is 0 Å².